The molecule has 0 aliphatic carbocycles. The molecular formula is C16H20O5. The van der Waals surface area contributed by atoms with E-state index in [0.717, 1.165) is 25.3 Å². The van der Waals surface area contributed by atoms with E-state index < -0.39 is 12.1 Å². The number of fused-ring (bicyclic) bond motifs is 1. The predicted molar refractivity (Wildman–Crippen MR) is 76.4 cm³/mol. The molecule has 0 unspecified atom stereocenters. The van der Waals surface area contributed by atoms with Crippen LogP contribution >= 0.6 is 0 Å². The van der Waals surface area contributed by atoms with E-state index in [9.17, 15) is 19.8 Å². The normalized spacial score (nSPS) is 20.9. The number of aromatic hydroxyl groups is 2. The Balaban J connectivity index is 2.32. The SMILES string of the molecule is C[C@@H]1CC(=O)CCCCCc2cc(O)cc(O)c2C(=O)O1. The summed E-state index contributed by atoms with van der Waals surface area (Å²) in [7, 11) is 0. The van der Waals surface area contributed by atoms with Crippen LogP contribution in [0.25, 0.3) is 0 Å². The molecule has 21 heavy (non-hydrogen) atoms. The number of phenols is 2. The van der Waals surface area contributed by atoms with Crippen LogP contribution in [0.1, 0.15) is 54.9 Å². The van der Waals surface area contributed by atoms with Crippen molar-refractivity contribution in [1.82, 2.24) is 0 Å². The Bertz CT molecular complexity index is 550. The predicted octanol–water partition coefficient (Wildman–Crippen LogP) is 2.72. The highest BCUT2D eigenvalue weighted by molar-refractivity contribution is 5.94. The van der Waals surface area contributed by atoms with Gasteiger partial charge in [0.25, 0.3) is 0 Å². The standard InChI is InChI=1S/C16H20O5/c1-10-7-12(17)6-4-2-3-5-11-8-13(18)9-14(19)15(11)16(20)21-10/h8-10,18-19H,2-7H2,1H3/t10-/m1/s1. The zero-order valence-corrected chi connectivity index (χ0v) is 12.1. The molecule has 5 nitrogen and oxygen atoms in total. The van der Waals surface area contributed by atoms with Crippen LogP contribution in [0.5, 0.6) is 11.5 Å². The van der Waals surface area contributed by atoms with Gasteiger partial charge >= 0.3 is 5.97 Å². The van der Waals surface area contributed by atoms with Gasteiger partial charge in [-0.15, -0.1) is 0 Å². The van der Waals surface area contributed by atoms with Gasteiger partial charge in [-0.3, -0.25) is 4.79 Å². The van der Waals surface area contributed by atoms with E-state index in [1.54, 1.807) is 6.92 Å². The minimum absolute atomic E-state index is 0.0747. The maximum atomic E-state index is 12.2. The van der Waals surface area contributed by atoms with Crippen LogP contribution in [-0.2, 0) is 16.0 Å². The summed E-state index contributed by atoms with van der Waals surface area (Å²) in [6.45, 7) is 1.67. The molecule has 0 saturated heterocycles. The van der Waals surface area contributed by atoms with Gasteiger partial charge in [-0.05, 0) is 37.8 Å². The molecule has 0 amide bonds. The van der Waals surface area contributed by atoms with Gasteiger partial charge in [0.15, 0.2) is 0 Å². The Morgan fingerprint density at radius 3 is 2.57 bits per heavy atom. The van der Waals surface area contributed by atoms with E-state index in [4.69, 9.17) is 4.74 Å². The number of rotatable bonds is 0. The first kappa shape index (κ1) is 15.4. The van der Waals surface area contributed by atoms with Gasteiger partial charge in [-0.1, -0.05) is 6.42 Å². The number of carbonyl (C=O) groups is 2. The minimum atomic E-state index is -0.650. The Hall–Kier alpha value is -2.04. The van der Waals surface area contributed by atoms with Crippen molar-refractivity contribution in [2.24, 2.45) is 0 Å². The summed E-state index contributed by atoms with van der Waals surface area (Å²) >= 11 is 0. The third kappa shape index (κ3) is 3.97. The third-order valence-corrected chi connectivity index (χ3v) is 3.61. The van der Waals surface area contributed by atoms with E-state index in [1.165, 1.54) is 6.07 Å². The maximum absolute atomic E-state index is 12.2. The number of ketones is 1. The number of aryl methyl sites for hydroxylation is 1. The van der Waals surface area contributed by atoms with Gasteiger partial charge in [-0.2, -0.15) is 0 Å². The first-order valence-electron chi connectivity index (χ1n) is 7.25. The molecular weight excluding hydrogens is 272 g/mol. The van der Waals surface area contributed by atoms with Crippen molar-refractivity contribution in [3.05, 3.63) is 23.3 Å². The summed E-state index contributed by atoms with van der Waals surface area (Å²) < 4.78 is 5.24. The second-order valence-corrected chi connectivity index (χ2v) is 5.52. The number of benzene rings is 1. The molecule has 1 aromatic carbocycles. The molecule has 0 fully saturated rings. The first-order chi connectivity index (χ1) is 9.97. The molecule has 1 aliphatic heterocycles. The second kappa shape index (κ2) is 6.61. The lowest BCUT2D eigenvalue weighted by Gasteiger charge is -2.17. The van der Waals surface area contributed by atoms with Crippen LogP contribution < -0.4 is 0 Å². The van der Waals surface area contributed by atoms with Crippen LogP contribution in [0.15, 0.2) is 12.1 Å². The van der Waals surface area contributed by atoms with Crippen LogP contribution in [-0.4, -0.2) is 28.1 Å². The Morgan fingerprint density at radius 2 is 1.81 bits per heavy atom. The first-order valence-corrected chi connectivity index (χ1v) is 7.25. The number of Topliss-reactive ketones (excluding diaryl/α,β-unsaturated/α-hetero) is 1. The molecule has 1 aliphatic rings. The highest BCUT2D eigenvalue weighted by Gasteiger charge is 2.22. The molecule has 0 aromatic heterocycles. The van der Waals surface area contributed by atoms with E-state index in [-0.39, 0.29) is 29.3 Å². The Morgan fingerprint density at radius 1 is 1.10 bits per heavy atom. The molecule has 0 saturated carbocycles. The number of hydrogen-bond donors (Lipinski definition) is 2. The van der Waals surface area contributed by atoms with Crippen LogP contribution in [0, 0.1) is 0 Å². The molecule has 0 bridgehead atoms. The van der Waals surface area contributed by atoms with Crippen molar-refractivity contribution >= 4 is 11.8 Å². The lowest BCUT2D eigenvalue weighted by Crippen LogP contribution is -2.20. The lowest BCUT2D eigenvalue weighted by molar-refractivity contribution is -0.120. The van der Waals surface area contributed by atoms with Crippen molar-refractivity contribution < 1.29 is 24.5 Å². The second-order valence-electron chi connectivity index (χ2n) is 5.52. The van der Waals surface area contributed by atoms with E-state index in [0.29, 0.717) is 18.4 Å². The molecule has 0 spiro atoms. The highest BCUT2D eigenvalue weighted by atomic mass is 16.5. The number of carbonyl (C=O) groups excluding carboxylic acids is 2. The molecule has 0 radical (unpaired) electrons. The van der Waals surface area contributed by atoms with Gasteiger partial charge in [0.05, 0.1) is 0 Å². The number of cyclic esters (lactones) is 1. The van der Waals surface area contributed by atoms with Crippen molar-refractivity contribution in [3.8, 4) is 11.5 Å². The quantitative estimate of drug-likeness (QED) is 0.718. The van der Waals surface area contributed by atoms with Crippen LogP contribution in [0.2, 0.25) is 0 Å². The van der Waals surface area contributed by atoms with Crippen molar-refractivity contribution in [1.29, 1.82) is 0 Å². The minimum Gasteiger partial charge on any atom is -0.508 e. The van der Waals surface area contributed by atoms with Gasteiger partial charge in [0.2, 0.25) is 0 Å². The molecule has 2 rings (SSSR count). The van der Waals surface area contributed by atoms with Gasteiger partial charge < -0.3 is 14.9 Å². The van der Waals surface area contributed by atoms with Gasteiger partial charge in [0, 0.05) is 18.9 Å². The summed E-state index contributed by atoms with van der Waals surface area (Å²) in [5.41, 5.74) is 0.671. The fourth-order valence-electron chi connectivity index (χ4n) is 2.62. The molecule has 1 heterocycles. The van der Waals surface area contributed by atoms with Crippen LogP contribution in [0.4, 0.5) is 0 Å². The zero-order valence-electron chi connectivity index (χ0n) is 12.1. The summed E-state index contributed by atoms with van der Waals surface area (Å²) in [6, 6.07) is 2.61. The molecule has 5 heteroatoms. The third-order valence-electron chi connectivity index (χ3n) is 3.61. The van der Waals surface area contributed by atoms with E-state index in [1.807, 2.05) is 0 Å². The van der Waals surface area contributed by atoms with E-state index in [2.05, 4.69) is 0 Å². The molecule has 1 aromatic rings. The number of ether oxygens (including phenoxy) is 1. The van der Waals surface area contributed by atoms with E-state index >= 15 is 0 Å². The monoisotopic (exact) mass is 292 g/mol. The smallest absolute Gasteiger partial charge is 0.342 e. The average Bonchev–Trinajstić information content (AvgIpc) is 2.35. The highest BCUT2D eigenvalue weighted by Crippen LogP contribution is 2.30. The van der Waals surface area contributed by atoms with Crippen LogP contribution in [0.3, 0.4) is 0 Å². The summed E-state index contributed by atoms with van der Waals surface area (Å²) in [5, 5.41) is 19.5. The Kier molecular flexibility index (Phi) is 4.83. The summed E-state index contributed by atoms with van der Waals surface area (Å²) in [5.74, 6) is -0.922. The fourth-order valence-corrected chi connectivity index (χ4v) is 2.62. The fraction of sp³-hybridized carbons (Fsp3) is 0.500. The van der Waals surface area contributed by atoms with Gasteiger partial charge in [-0.25, -0.2) is 4.79 Å². The largest absolute Gasteiger partial charge is 0.508 e. The lowest BCUT2D eigenvalue weighted by atomic mass is 9.98. The van der Waals surface area contributed by atoms with Gasteiger partial charge in [0.1, 0.15) is 28.9 Å². The number of phenolic OH excluding ortho intramolecular Hbond substituents is 2. The van der Waals surface area contributed by atoms with Crippen molar-refractivity contribution in [2.75, 3.05) is 0 Å². The number of hydrogen-bond acceptors (Lipinski definition) is 5. The molecule has 1 atom stereocenters. The molecule has 114 valence electrons. The Labute approximate surface area is 123 Å². The zero-order chi connectivity index (χ0) is 15.4. The average molecular weight is 292 g/mol. The molecule has 2 N–H and O–H groups in total. The topological polar surface area (TPSA) is 83.8 Å². The summed E-state index contributed by atoms with van der Waals surface area (Å²) in [4.78, 5) is 23.9. The summed E-state index contributed by atoms with van der Waals surface area (Å²) in [6.07, 6.45) is 3.18. The van der Waals surface area contributed by atoms with Crippen molar-refractivity contribution in [2.45, 2.75) is 51.6 Å². The van der Waals surface area contributed by atoms with Crippen molar-refractivity contribution in [3.63, 3.8) is 0 Å². The maximum Gasteiger partial charge on any atom is 0.342 e. The number of esters is 1.